The lowest BCUT2D eigenvalue weighted by atomic mass is 10.0. The topological polar surface area (TPSA) is 29.9 Å². The maximum Gasteiger partial charge on any atom is 0.0537 e. The molecular weight excluding hydrogens is 186 g/mol. The minimum absolute atomic E-state index is 0.807. The van der Waals surface area contributed by atoms with Gasteiger partial charge in [0, 0.05) is 24.8 Å². The predicted octanol–water partition coefficient (Wildman–Crippen LogP) is 2.25. The molecule has 1 aromatic rings. The first kappa shape index (κ1) is 12.2. The molecule has 0 aliphatic carbocycles. The number of nitrogens with one attached hydrogen (secondary N) is 1. The van der Waals surface area contributed by atoms with Crippen molar-refractivity contribution in [3.8, 4) is 0 Å². The van der Waals surface area contributed by atoms with Gasteiger partial charge in [-0.15, -0.1) is 0 Å². The zero-order valence-corrected chi connectivity index (χ0v) is 10.4. The molecule has 1 N–H and O–H groups in total. The van der Waals surface area contributed by atoms with Crippen LogP contribution in [0.1, 0.15) is 37.9 Å². The molecule has 0 atom stereocenters. The SMILES string of the molecule is CCC(CC)CNCc1cnn(C)c1C. The molecule has 3 heteroatoms. The van der Waals surface area contributed by atoms with Gasteiger partial charge in [-0.25, -0.2) is 0 Å². The van der Waals surface area contributed by atoms with E-state index in [0.717, 1.165) is 19.0 Å². The van der Waals surface area contributed by atoms with Crippen LogP contribution in [-0.4, -0.2) is 16.3 Å². The quantitative estimate of drug-likeness (QED) is 0.779. The summed E-state index contributed by atoms with van der Waals surface area (Å²) in [5, 5.41) is 7.74. The van der Waals surface area contributed by atoms with Crippen molar-refractivity contribution in [3.05, 3.63) is 17.5 Å². The van der Waals surface area contributed by atoms with Crippen LogP contribution >= 0.6 is 0 Å². The third-order valence-corrected chi connectivity index (χ3v) is 3.24. The molecule has 1 heterocycles. The molecule has 0 aromatic carbocycles. The fourth-order valence-corrected chi connectivity index (χ4v) is 1.71. The lowest BCUT2D eigenvalue weighted by Gasteiger charge is -2.12. The monoisotopic (exact) mass is 209 g/mol. The predicted molar refractivity (Wildman–Crippen MR) is 63.7 cm³/mol. The van der Waals surface area contributed by atoms with E-state index in [0.29, 0.717) is 0 Å². The maximum absolute atomic E-state index is 4.23. The van der Waals surface area contributed by atoms with Gasteiger partial charge in [0.1, 0.15) is 0 Å². The Kier molecular flexibility index (Phi) is 4.82. The third kappa shape index (κ3) is 3.34. The molecular formula is C12H23N3. The Morgan fingerprint density at radius 2 is 2.07 bits per heavy atom. The van der Waals surface area contributed by atoms with Gasteiger partial charge in [-0.3, -0.25) is 4.68 Å². The van der Waals surface area contributed by atoms with E-state index in [4.69, 9.17) is 0 Å². The van der Waals surface area contributed by atoms with Crippen molar-refractivity contribution in [2.45, 2.75) is 40.2 Å². The van der Waals surface area contributed by atoms with Crippen molar-refractivity contribution >= 4 is 0 Å². The van der Waals surface area contributed by atoms with Gasteiger partial charge in [0.05, 0.1) is 6.20 Å². The second-order valence-electron chi connectivity index (χ2n) is 4.19. The summed E-state index contributed by atoms with van der Waals surface area (Å²) in [7, 11) is 1.99. The Morgan fingerprint density at radius 1 is 1.40 bits per heavy atom. The molecule has 3 nitrogen and oxygen atoms in total. The summed E-state index contributed by atoms with van der Waals surface area (Å²) in [6.07, 6.45) is 4.47. The average molecular weight is 209 g/mol. The lowest BCUT2D eigenvalue weighted by molar-refractivity contribution is 0.449. The van der Waals surface area contributed by atoms with Crippen molar-refractivity contribution in [2.24, 2.45) is 13.0 Å². The summed E-state index contributed by atoms with van der Waals surface area (Å²) >= 11 is 0. The highest BCUT2D eigenvalue weighted by molar-refractivity contribution is 5.15. The van der Waals surface area contributed by atoms with E-state index < -0.39 is 0 Å². The van der Waals surface area contributed by atoms with E-state index in [1.807, 2.05) is 17.9 Å². The largest absolute Gasteiger partial charge is 0.312 e. The van der Waals surface area contributed by atoms with Gasteiger partial charge in [-0.05, 0) is 19.4 Å². The summed E-state index contributed by atoms with van der Waals surface area (Å²) in [6, 6.07) is 0. The zero-order valence-electron chi connectivity index (χ0n) is 10.4. The molecule has 0 radical (unpaired) electrons. The van der Waals surface area contributed by atoms with Gasteiger partial charge in [0.2, 0.25) is 0 Å². The summed E-state index contributed by atoms with van der Waals surface area (Å²) < 4.78 is 1.92. The Bertz CT molecular complexity index is 287. The van der Waals surface area contributed by atoms with Crippen LogP contribution in [-0.2, 0) is 13.6 Å². The van der Waals surface area contributed by atoms with Crippen LogP contribution in [0, 0.1) is 12.8 Å². The van der Waals surface area contributed by atoms with Gasteiger partial charge >= 0.3 is 0 Å². The molecule has 0 aliphatic rings. The number of nitrogens with zero attached hydrogens (tertiary/aromatic N) is 2. The van der Waals surface area contributed by atoms with E-state index in [-0.39, 0.29) is 0 Å². The minimum atomic E-state index is 0.807. The zero-order chi connectivity index (χ0) is 11.3. The van der Waals surface area contributed by atoms with Crippen molar-refractivity contribution in [1.82, 2.24) is 15.1 Å². The highest BCUT2D eigenvalue weighted by Gasteiger charge is 2.05. The van der Waals surface area contributed by atoms with Gasteiger partial charge in [-0.1, -0.05) is 26.7 Å². The minimum Gasteiger partial charge on any atom is -0.312 e. The molecule has 15 heavy (non-hydrogen) atoms. The summed E-state index contributed by atoms with van der Waals surface area (Å²) in [4.78, 5) is 0. The molecule has 0 amide bonds. The number of rotatable bonds is 6. The highest BCUT2D eigenvalue weighted by atomic mass is 15.3. The molecule has 0 saturated heterocycles. The van der Waals surface area contributed by atoms with E-state index in [2.05, 4.69) is 31.2 Å². The number of aryl methyl sites for hydroxylation is 1. The maximum atomic E-state index is 4.23. The fourth-order valence-electron chi connectivity index (χ4n) is 1.71. The van der Waals surface area contributed by atoms with E-state index >= 15 is 0 Å². The van der Waals surface area contributed by atoms with E-state index in [9.17, 15) is 0 Å². The molecule has 0 bridgehead atoms. The van der Waals surface area contributed by atoms with Crippen molar-refractivity contribution in [1.29, 1.82) is 0 Å². The summed E-state index contributed by atoms with van der Waals surface area (Å²) in [5.74, 6) is 0.807. The summed E-state index contributed by atoms with van der Waals surface area (Å²) in [5.41, 5.74) is 2.57. The van der Waals surface area contributed by atoms with E-state index in [1.165, 1.54) is 24.1 Å². The van der Waals surface area contributed by atoms with Crippen LogP contribution < -0.4 is 5.32 Å². The second-order valence-corrected chi connectivity index (χ2v) is 4.19. The van der Waals surface area contributed by atoms with Crippen LogP contribution in [0.4, 0.5) is 0 Å². The fraction of sp³-hybridized carbons (Fsp3) is 0.750. The normalized spacial score (nSPS) is 11.3. The van der Waals surface area contributed by atoms with Gasteiger partial charge < -0.3 is 5.32 Å². The first-order valence-electron chi connectivity index (χ1n) is 5.87. The molecule has 0 aliphatic heterocycles. The molecule has 0 unspecified atom stereocenters. The van der Waals surface area contributed by atoms with Gasteiger partial charge in [0.15, 0.2) is 0 Å². The third-order valence-electron chi connectivity index (χ3n) is 3.24. The molecule has 86 valence electrons. The van der Waals surface area contributed by atoms with Gasteiger partial charge in [0.25, 0.3) is 0 Å². The smallest absolute Gasteiger partial charge is 0.0537 e. The number of aromatic nitrogens is 2. The molecule has 0 spiro atoms. The number of hydrogen-bond donors (Lipinski definition) is 1. The number of hydrogen-bond acceptors (Lipinski definition) is 2. The highest BCUT2D eigenvalue weighted by Crippen LogP contribution is 2.08. The standard InChI is InChI=1S/C12H23N3/c1-5-11(6-2)7-13-8-12-9-14-15(4)10(12)3/h9,11,13H,5-8H2,1-4H3. The Labute approximate surface area is 92.9 Å². The average Bonchev–Trinajstić information content (AvgIpc) is 2.56. The van der Waals surface area contributed by atoms with Crippen LogP contribution in [0.2, 0.25) is 0 Å². The first-order valence-corrected chi connectivity index (χ1v) is 5.87. The van der Waals surface area contributed by atoms with Crippen LogP contribution in [0.5, 0.6) is 0 Å². The summed E-state index contributed by atoms with van der Waals surface area (Å²) in [6.45, 7) is 8.68. The van der Waals surface area contributed by atoms with Crippen LogP contribution in [0.3, 0.4) is 0 Å². The molecule has 1 aromatic heterocycles. The van der Waals surface area contributed by atoms with E-state index in [1.54, 1.807) is 0 Å². The van der Waals surface area contributed by atoms with Crippen molar-refractivity contribution < 1.29 is 0 Å². The van der Waals surface area contributed by atoms with Gasteiger partial charge in [-0.2, -0.15) is 5.10 Å². The van der Waals surface area contributed by atoms with Crippen molar-refractivity contribution in [3.63, 3.8) is 0 Å². The van der Waals surface area contributed by atoms with Crippen molar-refractivity contribution in [2.75, 3.05) is 6.54 Å². The van der Waals surface area contributed by atoms with Crippen LogP contribution in [0.15, 0.2) is 6.20 Å². The molecule has 1 rings (SSSR count). The first-order chi connectivity index (χ1) is 7.19. The lowest BCUT2D eigenvalue weighted by Crippen LogP contribution is -2.21. The second kappa shape index (κ2) is 5.91. The Balaban J connectivity index is 2.34. The molecule has 0 fully saturated rings. The Morgan fingerprint density at radius 3 is 2.53 bits per heavy atom. The van der Waals surface area contributed by atoms with Crippen LogP contribution in [0.25, 0.3) is 0 Å². The molecule has 0 saturated carbocycles. The Hall–Kier alpha value is -0.830.